The average molecular weight is 254 g/mol. The molecule has 0 radical (unpaired) electrons. The largest absolute Gasteiger partial charge is 0.406 e. The highest BCUT2D eigenvalue weighted by Crippen LogP contribution is 2.19. The summed E-state index contributed by atoms with van der Waals surface area (Å²) < 4.78 is 37.0. The van der Waals surface area contributed by atoms with Crippen molar-refractivity contribution in [2.24, 2.45) is 0 Å². The van der Waals surface area contributed by atoms with Gasteiger partial charge >= 0.3 is 6.18 Å². The molecule has 17 heavy (non-hydrogen) atoms. The lowest BCUT2D eigenvalue weighted by molar-refractivity contribution is -0.164. The van der Waals surface area contributed by atoms with Crippen molar-refractivity contribution in [3.05, 3.63) is 0 Å². The lowest BCUT2D eigenvalue weighted by Crippen LogP contribution is -2.55. The van der Waals surface area contributed by atoms with Gasteiger partial charge in [0.25, 0.3) is 0 Å². The van der Waals surface area contributed by atoms with Crippen LogP contribution < -0.4 is 5.32 Å². The van der Waals surface area contributed by atoms with E-state index in [0.29, 0.717) is 13.0 Å². The molecule has 0 aromatic carbocycles. The van der Waals surface area contributed by atoms with Gasteiger partial charge in [-0.25, -0.2) is 0 Å². The smallest absolute Gasteiger partial charge is 0.332 e. The molecule has 0 aromatic heterocycles. The van der Waals surface area contributed by atoms with Crippen molar-refractivity contribution in [1.82, 2.24) is 10.2 Å². The summed E-state index contributed by atoms with van der Waals surface area (Å²) in [5.41, 5.74) is -0.963. The number of hydrogen-bond acceptors (Lipinski definition) is 2. The summed E-state index contributed by atoms with van der Waals surface area (Å²) >= 11 is 0. The van der Waals surface area contributed by atoms with Gasteiger partial charge < -0.3 is 10.2 Å². The molecule has 0 atom stereocenters. The number of likely N-dealkylation sites (N-methyl/N-ethyl adjacent to an activating group) is 1. The fourth-order valence-electron chi connectivity index (χ4n) is 1.65. The van der Waals surface area contributed by atoms with Crippen LogP contribution in [0, 0.1) is 0 Å². The van der Waals surface area contributed by atoms with E-state index < -0.39 is 24.2 Å². The Morgan fingerprint density at radius 2 is 1.76 bits per heavy atom. The van der Waals surface area contributed by atoms with Gasteiger partial charge in [0.15, 0.2) is 0 Å². The van der Waals surface area contributed by atoms with Crippen LogP contribution in [0.4, 0.5) is 13.2 Å². The Balaban J connectivity index is 4.75. The summed E-state index contributed by atoms with van der Waals surface area (Å²) in [4.78, 5) is 12.8. The van der Waals surface area contributed by atoms with Crippen LogP contribution in [0.3, 0.4) is 0 Å². The zero-order valence-corrected chi connectivity index (χ0v) is 10.8. The molecule has 0 aliphatic rings. The molecule has 0 saturated heterocycles. The van der Waals surface area contributed by atoms with Gasteiger partial charge in [0.05, 0.1) is 5.54 Å². The molecule has 1 N–H and O–H groups in total. The monoisotopic (exact) mass is 254 g/mol. The zero-order chi connectivity index (χ0) is 13.7. The molecule has 6 heteroatoms. The molecule has 0 aliphatic carbocycles. The molecule has 0 aliphatic heterocycles. The second-order valence-electron chi connectivity index (χ2n) is 4.50. The molecule has 102 valence electrons. The molecule has 1 amide bonds. The van der Waals surface area contributed by atoms with E-state index in [1.165, 1.54) is 0 Å². The van der Waals surface area contributed by atoms with Gasteiger partial charge in [-0.3, -0.25) is 4.79 Å². The Labute approximate surface area is 100 Å². The fraction of sp³-hybridized carbons (Fsp3) is 0.909. The maximum absolute atomic E-state index is 12.3. The minimum absolute atomic E-state index is 0.118. The van der Waals surface area contributed by atoms with E-state index in [-0.39, 0.29) is 6.54 Å². The number of rotatable bonds is 6. The first-order chi connectivity index (χ1) is 7.64. The topological polar surface area (TPSA) is 32.3 Å². The highest BCUT2D eigenvalue weighted by Gasteiger charge is 2.37. The summed E-state index contributed by atoms with van der Waals surface area (Å²) in [6, 6.07) is 0. The molecule has 3 nitrogen and oxygen atoms in total. The van der Waals surface area contributed by atoms with E-state index >= 15 is 0 Å². The zero-order valence-electron chi connectivity index (χ0n) is 10.8. The van der Waals surface area contributed by atoms with E-state index in [1.54, 1.807) is 20.8 Å². The van der Waals surface area contributed by atoms with Crippen molar-refractivity contribution in [3.63, 3.8) is 0 Å². The van der Waals surface area contributed by atoms with Gasteiger partial charge in [-0.1, -0.05) is 13.8 Å². The quantitative estimate of drug-likeness (QED) is 0.788. The van der Waals surface area contributed by atoms with E-state index in [9.17, 15) is 18.0 Å². The van der Waals surface area contributed by atoms with Crippen LogP contribution in [-0.2, 0) is 4.79 Å². The molecule has 0 fully saturated rings. The van der Waals surface area contributed by atoms with Gasteiger partial charge in [-0.05, 0) is 26.8 Å². The van der Waals surface area contributed by atoms with Crippen molar-refractivity contribution in [3.8, 4) is 0 Å². The number of alkyl halides is 3. The molecular formula is C11H21F3N2O. The number of halogens is 3. The number of nitrogens with one attached hydrogen (secondary N) is 1. The third-order valence-corrected chi connectivity index (χ3v) is 2.30. The van der Waals surface area contributed by atoms with Gasteiger partial charge in [0.2, 0.25) is 5.91 Å². The fourth-order valence-corrected chi connectivity index (χ4v) is 1.65. The van der Waals surface area contributed by atoms with Crippen LogP contribution in [0.15, 0.2) is 0 Å². The van der Waals surface area contributed by atoms with Gasteiger partial charge in [0.1, 0.15) is 6.54 Å². The molecule has 0 heterocycles. The number of hydrogen-bond donors (Lipinski definition) is 1. The van der Waals surface area contributed by atoms with Gasteiger partial charge in [-0.2, -0.15) is 13.2 Å². The predicted molar refractivity (Wildman–Crippen MR) is 60.7 cm³/mol. The molecule has 0 aromatic rings. The Bertz CT molecular complexity index is 252. The van der Waals surface area contributed by atoms with Crippen LogP contribution >= 0.6 is 0 Å². The highest BCUT2D eigenvalue weighted by atomic mass is 19.4. The van der Waals surface area contributed by atoms with Crippen molar-refractivity contribution in [1.29, 1.82) is 0 Å². The summed E-state index contributed by atoms with van der Waals surface area (Å²) in [6.07, 6.45) is -3.85. The molecular weight excluding hydrogens is 233 g/mol. The minimum atomic E-state index is -4.35. The lowest BCUT2D eigenvalue weighted by atomic mass is 10.0. The Morgan fingerprint density at radius 1 is 1.24 bits per heavy atom. The van der Waals surface area contributed by atoms with Crippen molar-refractivity contribution < 1.29 is 18.0 Å². The van der Waals surface area contributed by atoms with E-state index in [2.05, 4.69) is 5.32 Å². The van der Waals surface area contributed by atoms with E-state index in [0.717, 1.165) is 4.90 Å². The SMILES string of the molecule is CCCN(CC(F)(F)F)C(=O)C(C)(C)NCC. The summed E-state index contributed by atoms with van der Waals surface area (Å²) in [5.74, 6) is -0.515. The first-order valence-electron chi connectivity index (χ1n) is 5.75. The number of nitrogens with zero attached hydrogens (tertiary/aromatic N) is 1. The summed E-state index contributed by atoms with van der Waals surface area (Å²) in [7, 11) is 0. The number of amides is 1. The van der Waals surface area contributed by atoms with E-state index in [1.807, 2.05) is 6.92 Å². The number of carbonyl (C=O) groups excluding carboxylic acids is 1. The molecule has 0 unspecified atom stereocenters. The Hall–Kier alpha value is -0.780. The average Bonchev–Trinajstić information content (AvgIpc) is 2.13. The highest BCUT2D eigenvalue weighted by molar-refractivity contribution is 5.85. The van der Waals surface area contributed by atoms with Crippen molar-refractivity contribution >= 4 is 5.91 Å². The van der Waals surface area contributed by atoms with Crippen LogP contribution in [0.1, 0.15) is 34.1 Å². The lowest BCUT2D eigenvalue weighted by Gasteiger charge is -2.32. The molecule has 0 spiro atoms. The van der Waals surface area contributed by atoms with Crippen LogP contribution in [0.25, 0.3) is 0 Å². The number of carbonyl (C=O) groups is 1. The summed E-state index contributed by atoms with van der Waals surface area (Å²) in [5, 5.41) is 2.89. The normalized spacial score (nSPS) is 12.6. The van der Waals surface area contributed by atoms with Crippen molar-refractivity contribution in [2.75, 3.05) is 19.6 Å². The molecule has 0 rings (SSSR count). The summed E-state index contributed by atoms with van der Waals surface area (Å²) in [6.45, 7) is 6.21. The first kappa shape index (κ1) is 16.2. The molecule has 0 bridgehead atoms. The van der Waals surface area contributed by atoms with Crippen molar-refractivity contribution in [2.45, 2.75) is 45.8 Å². The second kappa shape index (κ2) is 6.23. The third kappa shape index (κ3) is 5.91. The van der Waals surface area contributed by atoms with Crippen LogP contribution in [-0.4, -0.2) is 42.2 Å². The van der Waals surface area contributed by atoms with Gasteiger partial charge in [-0.15, -0.1) is 0 Å². The second-order valence-corrected chi connectivity index (χ2v) is 4.50. The standard InChI is InChI=1S/C11H21F3N2O/c1-5-7-16(8-11(12,13)14)9(17)10(3,4)15-6-2/h15H,5-8H2,1-4H3. The maximum atomic E-state index is 12.3. The maximum Gasteiger partial charge on any atom is 0.406 e. The first-order valence-corrected chi connectivity index (χ1v) is 5.75. The molecule has 0 saturated carbocycles. The Morgan fingerprint density at radius 3 is 2.12 bits per heavy atom. The van der Waals surface area contributed by atoms with Gasteiger partial charge in [0, 0.05) is 6.54 Å². The predicted octanol–water partition coefficient (Wildman–Crippen LogP) is 2.18. The Kier molecular flexibility index (Phi) is 5.95. The van der Waals surface area contributed by atoms with Crippen LogP contribution in [0.5, 0.6) is 0 Å². The van der Waals surface area contributed by atoms with E-state index in [4.69, 9.17) is 0 Å². The van der Waals surface area contributed by atoms with Crippen LogP contribution in [0.2, 0.25) is 0 Å². The minimum Gasteiger partial charge on any atom is -0.332 e. The third-order valence-electron chi connectivity index (χ3n) is 2.30.